The van der Waals surface area contributed by atoms with Crippen LogP contribution in [-0.4, -0.2) is 29.1 Å². The summed E-state index contributed by atoms with van der Waals surface area (Å²) in [6.07, 6.45) is 3.53. The summed E-state index contributed by atoms with van der Waals surface area (Å²) in [6, 6.07) is 0. The van der Waals surface area contributed by atoms with Crippen LogP contribution in [0.2, 0.25) is 0 Å². The fraction of sp³-hybridized carbons (Fsp3) is 0.556. The second-order valence-electron chi connectivity index (χ2n) is 3.49. The van der Waals surface area contributed by atoms with Crippen LogP contribution in [0.15, 0.2) is 6.20 Å². The van der Waals surface area contributed by atoms with Crippen LogP contribution in [0.5, 0.6) is 0 Å². The molecule has 0 bridgehead atoms. The molecule has 14 heavy (non-hydrogen) atoms. The molecule has 0 aliphatic carbocycles. The molecule has 0 spiro atoms. The number of thiazole rings is 1. The summed E-state index contributed by atoms with van der Waals surface area (Å²) in [5, 5.41) is 12.9. The zero-order valence-electron chi connectivity index (χ0n) is 7.69. The number of nitrogens with one attached hydrogen (secondary N) is 1. The Bertz CT molecular complexity index is 331. The van der Waals surface area contributed by atoms with Crippen LogP contribution in [0.3, 0.4) is 0 Å². The van der Waals surface area contributed by atoms with Crippen molar-refractivity contribution in [2.75, 3.05) is 13.1 Å². The first-order valence-electron chi connectivity index (χ1n) is 4.64. The van der Waals surface area contributed by atoms with Gasteiger partial charge in [-0.3, -0.25) is 0 Å². The third-order valence-electron chi connectivity index (χ3n) is 2.39. The molecule has 2 rings (SSSR count). The maximum atomic E-state index is 10.6. The minimum Gasteiger partial charge on any atom is -0.477 e. The van der Waals surface area contributed by atoms with Crippen molar-refractivity contribution in [1.82, 2.24) is 10.3 Å². The molecule has 1 aromatic heterocycles. The largest absolute Gasteiger partial charge is 0.477 e. The van der Waals surface area contributed by atoms with Crippen LogP contribution in [0.25, 0.3) is 0 Å². The van der Waals surface area contributed by atoms with Crippen LogP contribution >= 0.6 is 11.3 Å². The Balaban J connectivity index is 1.98. The van der Waals surface area contributed by atoms with Crippen LogP contribution in [0, 0.1) is 5.92 Å². The number of carboxylic acid groups (broad SMARTS) is 1. The van der Waals surface area contributed by atoms with Crippen molar-refractivity contribution >= 4 is 17.3 Å². The first-order chi connectivity index (χ1) is 6.75. The highest BCUT2D eigenvalue weighted by Gasteiger charge is 2.17. The molecule has 1 aromatic rings. The second-order valence-corrected chi connectivity index (χ2v) is 4.60. The van der Waals surface area contributed by atoms with E-state index in [1.54, 1.807) is 0 Å². The summed E-state index contributed by atoms with van der Waals surface area (Å²) < 4.78 is 0. The lowest BCUT2D eigenvalue weighted by atomic mass is 10.1. The normalized spacial score (nSPS) is 21.3. The van der Waals surface area contributed by atoms with E-state index < -0.39 is 5.97 Å². The van der Waals surface area contributed by atoms with Crippen LogP contribution in [-0.2, 0) is 6.42 Å². The Labute approximate surface area is 86.0 Å². The number of carboxylic acids is 1. The van der Waals surface area contributed by atoms with E-state index in [4.69, 9.17) is 5.11 Å². The fourth-order valence-electron chi connectivity index (χ4n) is 1.64. The lowest BCUT2D eigenvalue weighted by Gasteiger charge is -2.03. The standard InChI is InChI=1S/C9H12N2O2S/c12-9(13)7-5-11-8(14-7)3-6-1-2-10-4-6/h5-6,10H,1-4H2,(H,12,13). The Morgan fingerprint density at radius 2 is 2.64 bits per heavy atom. The molecule has 1 aliphatic heterocycles. The Morgan fingerprint density at radius 1 is 1.79 bits per heavy atom. The predicted molar refractivity (Wildman–Crippen MR) is 53.8 cm³/mol. The van der Waals surface area contributed by atoms with Gasteiger partial charge in [-0.2, -0.15) is 0 Å². The zero-order chi connectivity index (χ0) is 9.97. The number of aromatic carboxylic acids is 1. The molecule has 2 N–H and O–H groups in total. The van der Waals surface area contributed by atoms with E-state index >= 15 is 0 Å². The molecule has 2 heterocycles. The van der Waals surface area contributed by atoms with Crippen molar-refractivity contribution in [2.24, 2.45) is 5.92 Å². The first kappa shape index (κ1) is 9.61. The summed E-state index contributed by atoms with van der Waals surface area (Å²) in [4.78, 5) is 15.1. The summed E-state index contributed by atoms with van der Waals surface area (Å²) in [5.41, 5.74) is 0. The van der Waals surface area contributed by atoms with E-state index in [2.05, 4.69) is 10.3 Å². The number of aromatic nitrogens is 1. The van der Waals surface area contributed by atoms with Gasteiger partial charge >= 0.3 is 5.97 Å². The Kier molecular flexibility index (Phi) is 2.79. The van der Waals surface area contributed by atoms with Crippen molar-refractivity contribution in [1.29, 1.82) is 0 Å². The first-order valence-corrected chi connectivity index (χ1v) is 5.46. The average Bonchev–Trinajstić information content (AvgIpc) is 2.75. The van der Waals surface area contributed by atoms with Crippen molar-refractivity contribution in [3.8, 4) is 0 Å². The molecular weight excluding hydrogens is 200 g/mol. The molecule has 0 saturated carbocycles. The fourth-order valence-corrected chi connectivity index (χ4v) is 2.51. The molecule has 1 aliphatic rings. The lowest BCUT2D eigenvalue weighted by molar-refractivity contribution is 0.0702. The molecule has 1 atom stereocenters. The highest BCUT2D eigenvalue weighted by atomic mass is 32.1. The van der Waals surface area contributed by atoms with Crippen molar-refractivity contribution in [2.45, 2.75) is 12.8 Å². The van der Waals surface area contributed by atoms with Gasteiger partial charge in [-0.1, -0.05) is 0 Å². The number of carbonyl (C=O) groups is 1. The van der Waals surface area contributed by atoms with E-state index in [0.29, 0.717) is 10.8 Å². The van der Waals surface area contributed by atoms with Crippen molar-refractivity contribution < 1.29 is 9.90 Å². The molecule has 0 aromatic carbocycles. The summed E-state index contributed by atoms with van der Waals surface area (Å²) in [5.74, 6) is -0.249. The molecule has 0 amide bonds. The summed E-state index contributed by atoms with van der Waals surface area (Å²) in [7, 11) is 0. The lowest BCUT2D eigenvalue weighted by Crippen LogP contribution is -2.10. The van der Waals surface area contributed by atoms with Gasteiger partial charge in [-0.25, -0.2) is 9.78 Å². The van der Waals surface area contributed by atoms with Crippen LogP contribution in [0.1, 0.15) is 21.1 Å². The molecule has 1 fully saturated rings. The summed E-state index contributed by atoms with van der Waals surface area (Å²) >= 11 is 1.29. The van der Waals surface area contributed by atoms with E-state index in [-0.39, 0.29) is 0 Å². The van der Waals surface area contributed by atoms with Gasteiger partial charge in [0.05, 0.1) is 11.2 Å². The SMILES string of the molecule is O=C(O)c1cnc(CC2CCNC2)s1. The molecule has 76 valence electrons. The van der Waals surface area contributed by atoms with Gasteiger partial charge in [-0.05, 0) is 25.4 Å². The van der Waals surface area contributed by atoms with Gasteiger partial charge in [0.25, 0.3) is 0 Å². The van der Waals surface area contributed by atoms with Gasteiger partial charge in [0, 0.05) is 6.42 Å². The smallest absolute Gasteiger partial charge is 0.347 e. The number of hydrogen-bond donors (Lipinski definition) is 2. The topological polar surface area (TPSA) is 62.2 Å². The predicted octanol–water partition coefficient (Wildman–Crippen LogP) is 0.993. The third-order valence-corrected chi connectivity index (χ3v) is 3.40. The maximum Gasteiger partial charge on any atom is 0.347 e. The number of nitrogens with zero attached hydrogens (tertiary/aromatic N) is 1. The van der Waals surface area contributed by atoms with Gasteiger partial charge in [0.2, 0.25) is 0 Å². The van der Waals surface area contributed by atoms with Gasteiger partial charge in [0.1, 0.15) is 4.88 Å². The van der Waals surface area contributed by atoms with E-state index in [1.807, 2.05) is 0 Å². The van der Waals surface area contributed by atoms with E-state index in [1.165, 1.54) is 24.0 Å². The highest BCUT2D eigenvalue weighted by Crippen LogP contribution is 2.19. The molecular formula is C9H12N2O2S. The van der Waals surface area contributed by atoms with Crippen LogP contribution in [0.4, 0.5) is 0 Å². The van der Waals surface area contributed by atoms with Gasteiger partial charge in [0.15, 0.2) is 0 Å². The third kappa shape index (κ3) is 2.10. The van der Waals surface area contributed by atoms with E-state index in [0.717, 1.165) is 24.5 Å². The Hall–Kier alpha value is -0.940. The van der Waals surface area contributed by atoms with Gasteiger partial charge in [-0.15, -0.1) is 11.3 Å². The Morgan fingerprint density at radius 3 is 3.21 bits per heavy atom. The zero-order valence-corrected chi connectivity index (χ0v) is 8.51. The molecule has 1 saturated heterocycles. The molecule has 5 heteroatoms. The second kappa shape index (κ2) is 4.06. The monoisotopic (exact) mass is 212 g/mol. The minimum atomic E-state index is -0.877. The average molecular weight is 212 g/mol. The molecule has 0 radical (unpaired) electrons. The van der Waals surface area contributed by atoms with Gasteiger partial charge < -0.3 is 10.4 Å². The quantitative estimate of drug-likeness (QED) is 0.784. The van der Waals surface area contributed by atoms with E-state index in [9.17, 15) is 4.79 Å². The number of rotatable bonds is 3. The van der Waals surface area contributed by atoms with Crippen LogP contribution < -0.4 is 5.32 Å². The minimum absolute atomic E-state index is 0.339. The summed E-state index contributed by atoms with van der Waals surface area (Å²) in [6.45, 7) is 2.10. The highest BCUT2D eigenvalue weighted by molar-refractivity contribution is 7.13. The van der Waals surface area contributed by atoms with Crippen molar-refractivity contribution in [3.63, 3.8) is 0 Å². The molecule has 4 nitrogen and oxygen atoms in total. The van der Waals surface area contributed by atoms with Crippen molar-refractivity contribution in [3.05, 3.63) is 16.1 Å². The molecule has 1 unspecified atom stereocenters. The number of hydrogen-bond acceptors (Lipinski definition) is 4. The maximum absolute atomic E-state index is 10.6.